The molecule has 0 spiro atoms. The van der Waals surface area contributed by atoms with Crippen molar-refractivity contribution in [3.63, 3.8) is 0 Å². The lowest BCUT2D eigenvalue weighted by Gasteiger charge is -2.11. The molecule has 0 bridgehead atoms. The molecule has 4 rings (SSSR count). The zero-order chi connectivity index (χ0) is 17.2. The van der Waals surface area contributed by atoms with Crippen molar-refractivity contribution in [2.75, 3.05) is 7.11 Å². The highest BCUT2D eigenvalue weighted by molar-refractivity contribution is 6.02. The van der Waals surface area contributed by atoms with Crippen LogP contribution < -0.4 is 4.74 Å². The summed E-state index contributed by atoms with van der Waals surface area (Å²) >= 11 is 0. The summed E-state index contributed by atoms with van der Waals surface area (Å²) in [7, 11) is 1.58. The van der Waals surface area contributed by atoms with Crippen LogP contribution in [0.5, 0.6) is 11.6 Å². The first kappa shape index (κ1) is 15.2. The van der Waals surface area contributed by atoms with Gasteiger partial charge in [-0.1, -0.05) is 60.7 Å². The number of hydrogen-bond acceptors (Lipinski definition) is 3. The van der Waals surface area contributed by atoms with Crippen LogP contribution in [0.3, 0.4) is 0 Å². The molecule has 3 aromatic carbocycles. The van der Waals surface area contributed by atoms with Crippen molar-refractivity contribution in [3.8, 4) is 33.9 Å². The molecule has 1 aromatic heterocycles. The Morgan fingerprint density at radius 1 is 0.760 bits per heavy atom. The minimum absolute atomic E-state index is 0.223. The van der Waals surface area contributed by atoms with Crippen LogP contribution in [0.2, 0.25) is 0 Å². The van der Waals surface area contributed by atoms with Gasteiger partial charge in [0.05, 0.1) is 7.11 Å². The number of methoxy groups -OCH3 is 1. The van der Waals surface area contributed by atoms with Crippen molar-refractivity contribution in [1.29, 1.82) is 0 Å². The molecule has 25 heavy (non-hydrogen) atoms. The van der Waals surface area contributed by atoms with Crippen molar-refractivity contribution in [2.24, 2.45) is 0 Å². The summed E-state index contributed by atoms with van der Waals surface area (Å²) in [6.07, 6.45) is 1.75. The van der Waals surface area contributed by atoms with Crippen LogP contribution in [0, 0.1) is 0 Å². The molecule has 0 amide bonds. The summed E-state index contributed by atoms with van der Waals surface area (Å²) in [5, 5.41) is 11.9. The Labute approximate surface area is 146 Å². The monoisotopic (exact) mass is 327 g/mol. The second kappa shape index (κ2) is 6.29. The number of pyridine rings is 1. The van der Waals surface area contributed by atoms with E-state index in [-0.39, 0.29) is 5.75 Å². The fourth-order valence-corrected chi connectivity index (χ4v) is 3.11. The highest BCUT2D eigenvalue weighted by Gasteiger charge is 2.13. The lowest BCUT2D eigenvalue weighted by atomic mass is 9.97. The highest BCUT2D eigenvalue weighted by atomic mass is 16.5. The number of rotatable bonds is 3. The normalized spacial score (nSPS) is 10.8. The Morgan fingerprint density at radius 2 is 1.44 bits per heavy atom. The number of hydrogen-bond donors (Lipinski definition) is 1. The number of fused-ring (bicyclic) bond motifs is 1. The van der Waals surface area contributed by atoms with E-state index >= 15 is 0 Å². The minimum atomic E-state index is 0.223. The number of aromatic hydroxyl groups is 1. The highest BCUT2D eigenvalue weighted by Crippen LogP contribution is 2.38. The van der Waals surface area contributed by atoms with Crippen molar-refractivity contribution in [3.05, 3.63) is 79.0 Å². The topological polar surface area (TPSA) is 42.4 Å². The molecular weight excluding hydrogens is 310 g/mol. The summed E-state index contributed by atoms with van der Waals surface area (Å²) in [5.74, 6) is 0.732. The van der Waals surface area contributed by atoms with E-state index in [1.54, 1.807) is 25.4 Å². The average molecular weight is 327 g/mol. The number of benzene rings is 3. The van der Waals surface area contributed by atoms with Crippen LogP contribution in [0.4, 0.5) is 0 Å². The van der Waals surface area contributed by atoms with E-state index in [1.165, 1.54) is 5.56 Å². The molecule has 3 nitrogen and oxygen atoms in total. The summed E-state index contributed by atoms with van der Waals surface area (Å²) in [4.78, 5) is 4.39. The summed E-state index contributed by atoms with van der Waals surface area (Å²) in [6.45, 7) is 0. The number of phenols is 1. The van der Waals surface area contributed by atoms with Crippen molar-refractivity contribution in [2.45, 2.75) is 0 Å². The van der Waals surface area contributed by atoms with Gasteiger partial charge in [0.15, 0.2) is 0 Å². The number of phenolic OH excluding ortho intramolecular Hbond substituents is 1. The molecule has 4 aromatic rings. The summed E-state index contributed by atoms with van der Waals surface area (Å²) in [5.41, 5.74) is 4.21. The van der Waals surface area contributed by atoms with Gasteiger partial charge in [0.1, 0.15) is 5.75 Å². The molecule has 1 N–H and O–H groups in total. The first-order valence-corrected chi connectivity index (χ1v) is 8.08. The van der Waals surface area contributed by atoms with E-state index < -0.39 is 0 Å². The van der Waals surface area contributed by atoms with Crippen LogP contribution in [-0.2, 0) is 0 Å². The Balaban J connectivity index is 1.85. The van der Waals surface area contributed by atoms with Gasteiger partial charge in [-0.25, -0.2) is 4.98 Å². The van der Waals surface area contributed by atoms with Gasteiger partial charge in [-0.15, -0.1) is 0 Å². The maximum atomic E-state index is 10.4. The standard InChI is InChI=1S/C22H17NO2/c1-25-22-18-8-5-9-20(24)21(18)19(14-23-22)17-12-10-16(11-13-17)15-6-3-2-4-7-15/h2-14,24H,1H3. The van der Waals surface area contributed by atoms with E-state index in [1.807, 2.05) is 24.3 Å². The SMILES string of the molecule is COc1ncc(-c2ccc(-c3ccccc3)cc2)c2c(O)cccc12. The van der Waals surface area contributed by atoms with Crippen molar-refractivity contribution < 1.29 is 9.84 Å². The molecule has 0 atom stereocenters. The van der Waals surface area contributed by atoms with Gasteiger partial charge in [-0.3, -0.25) is 0 Å². The van der Waals surface area contributed by atoms with Gasteiger partial charge in [-0.2, -0.15) is 0 Å². The van der Waals surface area contributed by atoms with Gasteiger partial charge < -0.3 is 9.84 Å². The molecule has 1 heterocycles. The Hall–Kier alpha value is -3.33. The molecule has 0 saturated carbocycles. The van der Waals surface area contributed by atoms with E-state index in [9.17, 15) is 5.11 Å². The largest absolute Gasteiger partial charge is 0.507 e. The smallest absolute Gasteiger partial charge is 0.221 e. The van der Waals surface area contributed by atoms with Crippen LogP contribution in [0.25, 0.3) is 33.0 Å². The zero-order valence-electron chi connectivity index (χ0n) is 13.8. The van der Waals surface area contributed by atoms with E-state index in [0.29, 0.717) is 5.88 Å². The number of aromatic nitrogens is 1. The molecule has 0 aliphatic rings. The van der Waals surface area contributed by atoms with Crippen molar-refractivity contribution >= 4 is 10.8 Å². The predicted octanol–water partition coefficient (Wildman–Crippen LogP) is 5.28. The third-order valence-corrected chi connectivity index (χ3v) is 4.35. The van der Waals surface area contributed by atoms with E-state index in [0.717, 1.165) is 27.5 Å². The Bertz CT molecular complexity index is 1030. The number of nitrogens with zero attached hydrogens (tertiary/aromatic N) is 1. The van der Waals surface area contributed by atoms with Gasteiger partial charge in [0.25, 0.3) is 0 Å². The Kier molecular flexibility index (Phi) is 3.82. The maximum absolute atomic E-state index is 10.4. The fraction of sp³-hybridized carbons (Fsp3) is 0.0455. The van der Waals surface area contributed by atoms with Crippen LogP contribution >= 0.6 is 0 Å². The maximum Gasteiger partial charge on any atom is 0.221 e. The minimum Gasteiger partial charge on any atom is -0.507 e. The van der Waals surface area contributed by atoms with E-state index in [2.05, 4.69) is 41.4 Å². The van der Waals surface area contributed by atoms with Crippen LogP contribution in [0.15, 0.2) is 79.0 Å². The quantitative estimate of drug-likeness (QED) is 0.556. The van der Waals surface area contributed by atoms with Gasteiger partial charge in [0.2, 0.25) is 5.88 Å². The molecule has 3 heteroatoms. The van der Waals surface area contributed by atoms with Crippen LogP contribution in [0.1, 0.15) is 0 Å². The molecule has 0 aliphatic carbocycles. The lowest BCUT2D eigenvalue weighted by molar-refractivity contribution is 0.403. The molecular formula is C22H17NO2. The summed E-state index contributed by atoms with van der Waals surface area (Å²) < 4.78 is 5.33. The van der Waals surface area contributed by atoms with Gasteiger partial charge >= 0.3 is 0 Å². The molecule has 0 unspecified atom stereocenters. The number of ether oxygens (including phenoxy) is 1. The molecule has 122 valence electrons. The fourth-order valence-electron chi connectivity index (χ4n) is 3.11. The summed E-state index contributed by atoms with van der Waals surface area (Å²) in [6, 6.07) is 23.9. The van der Waals surface area contributed by atoms with Gasteiger partial charge in [0, 0.05) is 22.5 Å². The molecule has 0 aliphatic heterocycles. The molecule has 0 saturated heterocycles. The predicted molar refractivity (Wildman–Crippen MR) is 101 cm³/mol. The third-order valence-electron chi connectivity index (χ3n) is 4.35. The van der Waals surface area contributed by atoms with E-state index in [4.69, 9.17) is 4.74 Å². The van der Waals surface area contributed by atoms with Crippen LogP contribution in [-0.4, -0.2) is 17.2 Å². The van der Waals surface area contributed by atoms with Gasteiger partial charge in [-0.05, 0) is 28.8 Å². The molecule has 0 fully saturated rings. The second-order valence-electron chi connectivity index (χ2n) is 5.82. The lowest BCUT2D eigenvalue weighted by Crippen LogP contribution is -1.92. The average Bonchev–Trinajstić information content (AvgIpc) is 2.68. The second-order valence-corrected chi connectivity index (χ2v) is 5.82. The zero-order valence-corrected chi connectivity index (χ0v) is 13.8. The third kappa shape index (κ3) is 2.70. The Morgan fingerprint density at radius 3 is 2.16 bits per heavy atom. The van der Waals surface area contributed by atoms with Crippen molar-refractivity contribution in [1.82, 2.24) is 4.98 Å². The first-order chi connectivity index (χ1) is 12.3. The molecule has 0 radical (unpaired) electrons. The first-order valence-electron chi connectivity index (χ1n) is 8.08.